The predicted octanol–water partition coefficient (Wildman–Crippen LogP) is 1.64. The van der Waals surface area contributed by atoms with Crippen molar-refractivity contribution in [2.24, 2.45) is 0 Å². The molecule has 0 unspecified atom stereocenters. The number of amides is 1. The van der Waals surface area contributed by atoms with E-state index in [1.54, 1.807) is 12.1 Å². The molecule has 8 nitrogen and oxygen atoms in total. The van der Waals surface area contributed by atoms with Crippen LogP contribution >= 0.6 is 0 Å². The fourth-order valence-corrected chi connectivity index (χ4v) is 5.21. The van der Waals surface area contributed by atoms with Crippen LogP contribution in [0.3, 0.4) is 0 Å². The number of carbonyl (C=O) groups is 1. The van der Waals surface area contributed by atoms with Gasteiger partial charge in [0.1, 0.15) is 13.2 Å². The highest BCUT2D eigenvalue weighted by Gasteiger charge is 2.30. The van der Waals surface area contributed by atoms with Crippen molar-refractivity contribution in [1.82, 2.24) is 14.5 Å². The molecule has 0 saturated carbocycles. The number of sulfonamides is 1. The third-order valence-corrected chi connectivity index (χ3v) is 7.42. The van der Waals surface area contributed by atoms with Gasteiger partial charge in [-0.3, -0.25) is 9.69 Å². The summed E-state index contributed by atoms with van der Waals surface area (Å²) in [5, 5.41) is 3.00. The van der Waals surface area contributed by atoms with Crippen LogP contribution in [0, 0.1) is 0 Å². The molecule has 9 heteroatoms. The number of nitrogens with zero attached hydrogens (tertiary/aromatic N) is 2. The van der Waals surface area contributed by atoms with Gasteiger partial charge in [0.15, 0.2) is 11.5 Å². The number of ether oxygens (including phenoxy) is 2. The number of benzene rings is 2. The van der Waals surface area contributed by atoms with E-state index in [1.807, 2.05) is 42.2 Å². The molecule has 2 aromatic rings. The number of fused-ring (bicyclic) bond motifs is 1. The van der Waals surface area contributed by atoms with Gasteiger partial charge in [-0.2, -0.15) is 4.31 Å². The predicted molar refractivity (Wildman–Crippen MR) is 116 cm³/mol. The highest BCUT2D eigenvalue weighted by atomic mass is 32.2. The molecule has 2 aliphatic heterocycles. The lowest BCUT2D eigenvalue weighted by molar-refractivity contribution is -0.123. The lowest BCUT2D eigenvalue weighted by atomic mass is 10.1. The van der Waals surface area contributed by atoms with E-state index in [0.717, 1.165) is 5.56 Å². The standard InChI is InChI=1S/C22H27N3O5S/c1-17(18-5-3-2-4-6-18)23-22(26)16-24-9-11-25(12-10-24)31(27,28)19-7-8-20-21(15-19)30-14-13-29-20/h2-8,15,17H,9-14,16H2,1H3,(H,23,26)/t17-/m1/s1. The first-order valence-corrected chi connectivity index (χ1v) is 11.8. The molecule has 1 amide bonds. The molecule has 1 N–H and O–H groups in total. The Kier molecular flexibility index (Phi) is 6.45. The number of rotatable bonds is 6. The van der Waals surface area contributed by atoms with E-state index in [1.165, 1.54) is 10.4 Å². The maximum Gasteiger partial charge on any atom is 0.243 e. The fourth-order valence-electron chi connectivity index (χ4n) is 3.78. The molecule has 0 bridgehead atoms. The van der Waals surface area contributed by atoms with E-state index >= 15 is 0 Å². The minimum atomic E-state index is -3.63. The maximum absolute atomic E-state index is 13.0. The third-order valence-electron chi connectivity index (χ3n) is 5.53. The van der Waals surface area contributed by atoms with Gasteiger partial charge in [-0.15, -0.1) is 0 Å². The number of piperazine rings is 1. The summed E-state index contributed by atoms with van der Waals surface area (Å²) in [5.41, 5.74) is 1.05. The van der Waals surface area contributed by atoms with E-state index in [2.05, 4.69) is 5.32 Å². The average molecular weight is 446 g/mol. The van der Waals surface area contributed by atoms with Crippen molar-refractivity contribution < 1.29 is 22.7 Å². The Morgan fingerprint density at radius 3 is 2.39 bits per heavy atom. The summed E-state index contributed by atoms with van der Waals surface area (Å²) in [6.45, 7) is 4.71. The van der Waals surface area contributed by atoms with Crippen LogP contribution in [-0.4, -0.2) is 69.5 Å². The molecule has 166 valence electrons. The zero-order valence-electron chi connectivity index (χ0n) is 17.5. The van der Waals surface area contributed by atoms with Crippen molar-refractivity contribution in [3.63, 3.8) is 0 Å². The molecule has 1 fully saturated rings. The van der Waals surface area contributed by atoms with Crippen LogP contribution in [0.4, 0.5) is 0 Å². The van der Waals surface area contributed by atoms with Crippen molar-refractivity contribution in [3.05, 3.63) is 54.1 Å². The second kappa shape index (κ2) is 9.25. The summed E-state index contributed by atoms with van der Waals surface area (Å²) in [7, 11) is -3.63. The first kappa shape index (κ1) is 21.6. The van der Waals surface area contributed by atoms with Gasteiger partial charge in [-0.25, -0.2) is 8.42 Å². The van der Waals surface area contributed by atoms with Crippen molar-refractivity contribution >= 4 is 15.9 Å². The van der Waals surface area contributed by atoms with Gasteiger partial charge >= 0.3 is 0 Å². The lowest BCUT2D eigenvalue weighted by Gasteiger charge is -2.33. The number of hydrogen-bond donors (Lipinski definition) is 1. The Labute approximate surface area is 182 Å². The summed E-state index contributed by atoms with van der Waals surface area (Å²) < 4.78 is 38.5. The van der Waals surface area contributed by atoms with Gasteiger partial charge in [-0.1, -0.05) is 30.3 Å². The molecular weight excluding hydrogens is 418 g/mol. The second-order valence-electron chi connectivity index (χ2n) is 7.69. The van der Waals surface area contributed by atoms with Crippen molar-refractivity contribution in [2.75, 3.05) is 45.9 Å². The van der Waals surface area contributed by atoms with Crippen LogP contribution < -0.4 is 14.8 Å². The molecule has 0 aliphatic carbocycles. The Morgan fingerprint density at radius 1 is 1.00 bits per heavy atom. The van der Waals surface area contributed by atoms with Gasteiger partial charge in [0.2, 0.25) is 15.9 Å². The van der Waals surface area contributed by atoms with Gasteiger partial charge in [-0.05, 0) is 24.6 Å². The van der Waals surface area contributed by atoms with Gasteiger partial charge in [0, 0.05) is 32.2 Å². The normalized spacial score (nSPS) is 18.4. The minimum Gasteiger partial charge on any atom is -0.486 e. The smallest absolute Gasteiger partial charge is 0.243 e. The van der Waals surface area contributed by atoms with E-state index in [4.69, 9.17) is 9.47 Å². The summed E-state index contributed by atoms with van der Waals surface area (Å²) in [5.74, 6) is 0.945. The Hall–Kier alpha value is -2.62. The molecular formula is C22H27N3O5S. The first-order chi connectivity index (χ1) is 14.9. The van der Waals surface area contributed by atoms with Crippen LogP contribution in [0.25, 0.3) is 0 Å². The van der Waals surface area contributed by atoms with Crippen molar-refractivity contribution in [1.29, 1.82) is 0 Å². The van der Waals surface area contributed by atoms with Crippen LogP contribution in [-0.2, 0) is 14.8 Å². The summed E-state index contributed by atoms with van der Waals surface area (Å²) in [4.78, 5) is 14.6. The highest BCUT2D eigenvalue weighted by Crippen LogP contribution is 2.33. The van der Waals surface area contributed by atoms with Crippen LogP contribution in [0.2, 0.25) is 0 Å². The zero-order chi connectivity index (χ0) is 21.8. The van der Waals surface area contributed by atoms with Gasteiger partial charge < -0.3 is 14.8 Å². The topological polar surface area (TPSA) is 88.2 Å². The molecule has 0 spiro atoms. The first-order valence-electron chi connectivity index (χ1n) is 10.4. The van der Waals surface area contributed by atoms with E-state index in [-0.39, 0.29) is 23.4 Å². The van der Waals surface area contributed by atoms with E-state index in [0.29, 0.717) is 50.9 Å². The van der Waals surface area contributed by atoms with Crippen molar-refractivity contribution in [3.8, 4) is 11.5 Å². The number of hydrogen-bond acceptors (Lipinski definition) is 6. The zero-order valence-corrected chi connectivity index (χ0v) is 18.3. The van der Waals surface area contributed by atoms with Crippen molar-refractivity contribution in [2.45, 2.75) is 17.9 Å². The fraction of sp³-hybridized carbons (Fsp3) is 0.409. The molecule has 2 aliphatic rings. The Morgan fingerprint density at radius 2 is 1.68 bits per heavy atom. The SMILES string of the molecule is C[C@@H](NC(=O)CN1CCN(S(=O)(=O)c2ccc3c(c2)OCCO3)CC1)c1ccccc1. The molecule has 4 rings (SSSR count). The van der Waals surface area contributed by atoms with Crippen LogP contribution in [0.1, 0.15) is 18.5 Å². The monoisotopic (exact) mass is 445 g/mol. The lowest BCUT2D eigenvalue weighted by Crippen LogP contribution is -2.51. The highest BCUT2D eigenvalue weighted by molar-refractivity contribution is 7.89. The summed E-state index contributed by atoms with van der Waals surface area (Å²) in [6, 6.07) is 14.4. The second-order valence-corrected chi connectivity index (χ2v) is 9.62. The van der Waals surface area contributed by atoms with Crippen LogP contribution in [0.5, 0.6) is 11.5 Å². The third kappa shape index (κ3) is 5.00. The maximum atomic E-state index is 13.0. The Balaban J connectivity index is 1.31. The molecule has 31 heavy (non-hydrogen) atoms. The van der Waals surface area contributed by atoms with Crippen LogP contribution in [0.15, 0.2) is 53.4 Å². The molecule has 2 heterocycles. The molecule has 0 aromatic heterocycles. The molecule has 0 radical (unpaired) electrons. The van der Waals surface area contributed by atoms with Gasteiger partial charge in [0.25, 0.3) is 0 Å². The molecule has 2 aromatic carbocycles. The van der Waals surface area contributed by atoms with Gasteiger partial charge in [0.05, 0.1) is 17.5 Å². The number of nitrogens with one attached hydrogen (secondary N) is 1. The Bertz CT molecular complexity index is 1020. The molecule has 1 atom stereocenters. The number of carbonyl (C=O) groups excluding carboxylic acids is 1. The largest absolute Gasteiger partial charge is 0.486 e. The van der Waals surface area contributed by atoms with E-state index < -0.39 is 10.0 Å². The van der Waals surface area contributed by atoms with E-state index in [9.17, 15) is 13.2 Å². The quantitative estimate of drug-likeness (QED) is 0.727. The summed E-state index contributed by atoms with van der Waals surface area (Å²) in [6.07, 6.45) is 0. The average Bonchev–Trinajstić information content (AvgIpc) is 2.79. The molecule has 1 saturated heterocycles. The summed E-state index contributed by atoms with van der Waals surface area (Å²) >= 11 is 0. The minimum absolute atomic E-state index is 0.0699.